The van der Waals surface area contributed by atoms with Crippen molar-refractivity contribution < 1.29 is 28.7 Å². The van der Waals surface area contributed by atoms with Crippen LogP contribution in [0.1, 0.15) is 15.2 Å². The molecule has 0 aliphatic carbocycles. The summed E-state index contributed by atoms with van der Waals surface area (Å²) in [6, 6.07) is 11.4. The molecule has 0 atom stereocenters. The highest BCUT2D eigenvalue weighted by molar-refractivity contribution is 7.59. The van der Waals surface area contributed by atoms with Gasteiger partial charge in [0.1, 0.15) is 10.6 Å². The molecule has 0 fully saturated rings. The molecule has 7 nitrogen and oxygen atoms in total. The van der Waals surface area contributed by atoms with Crippen LogP contribution in [-0.2, 0) is 11.0 Å². The van der Waals surface area contributed by atoms with Gasteiger partial charge >= 0.3 is 7.60 Å². The number of thiophene rings is 1. The minimum Gasteiger partial charge on any atom is -0.448 e. The summed E-state index contributed by atoms with van der Waals surface area (Å²) in [7, 11) is -4.49. The fraction of sp³-hybridized carbons (Fsp3) is 0.118. The molecular weight excluding hydrogens is 377 g/mol. The normalized spacial score (nSPS) is 11.5. The number of hydrogen-bond acceptors (Lipinski definition) is 5. The lowest BCUT2D eigenvalue weighted by atomic mass is 10.1. The van der Waals surface area contributed by atoms with Gasteiger partial charge in [0.25, 0.3) is 5.91 Å². The number of carbonyl (C=O) groups is 1. The first kappa shape index (κ1) is 18.6. The van der Waals surface area contributed by atoms with Gasteiger partial charge in [-0.1, -0.05) is 18.2 Å². The van der Waals surface area contributed by atoms with Gasteiger partial charge in [-0.2, -0.15) is 0 Å². The Hall–Kier alpha value is -2.22. The third-order valence-electron chi connectivity index (χ3n) is 3.66. The lowest BCUT2D eigenvalue weighted by Gasteiger charge is -2.10. The van der Waals surface area contributed by atoms with Crippen LogP contribution in [0.3, 0.4) is 0 Å². The van der Waals surface area contributed by atoms with Crippen molar-refractivity contribution >= 4 is 36.0 Å². The molecule has 2 aromatic heterocycles. The number of aliphatic hydroxyl groups is 1. The van der Waals surface area contributed by atoms with Crippen molar-refractivity contribution in [1.29, 1.82) is 0 Å². The number of hydrogen-bond donors (Lipinski definition) is 4. The van der Waals surface area contributed by atoms with E-state index in [9.17, 15) is 19.1 Å². The number of rotatable bonds is 6. The molecule has 0 radical (unpaired) electrons. The fourth-order valence-corrected chi connectivity index (χ4v) is 3.75. The van der Waals surface area contributed by atoms with Gasteiger partial charge in [-0.15, -0.1) is 11.3 Å². The highest BCUT2D eigenvalue weighted by atomic mass is 32.1. The summed E-state index contributed by atoms with van der Waals surface area (Å²) in [5, 5.41) is 13.6. The number of furan rings is 1. The maximum absolute atomic E-state index is 12.7. The van der Waals surface area contributed by atoms with E-state index in [1.54, 1.807) is 23.6 Å². The average molecular weight is 393 g/mol. The zero-order valence-electron chi connectivity index (χ0n) is 13.5. The molecule has 0 unspecified atom stereocenters. The third kappa shape index (κ3) is 3.95. The van der Waals surface area contributed by atoms with Gasteiger partial charge in [0.15, 0.2) is 0 Å². The van der Waals surface area contributed by atoms with E-state index in [0.717, 1.165) is 5.56 Å². The second kappa shape index (κ2) is 7.57. The van der Waals surface area contributed by atoms with Crippen LogP contribution in [0.15, 0.2) is 52.3 Å². The molecule has 3 aromatic rings. The van der Waals surface area contributed by atoms with Crippen LogP contribution in [-0.4, -0.2) is 27.4 Å². The molecule has 0 saturated heterocycles. The van der Waals surface area contributed by atoms with Crippen molar-refractivity contribution in [3.05, 3.63) is 58.3 Å². The summed E-state index contributed by atoms with van der Waals surface area (Å²) in [6.45, 7) is -0.0331. The van der Waals surface area contributed by atoms with Gasteiger partial charge in [-0.3, -0.25) is 9.36 Å². The smallest absolute Gasteiger partial charge is 0.391 e. The SMILES string of the molecule is O=C(Nc1ccccc1CCO)c1sccc1-c1ccc(P(=O)(O)O)o1. The topological polar surface area (TPSA) is 120 Å². The molecular formula is C17H16NO6PS. The van der Waals surface area contributed by atoms with Crippen LogP contribution in [0.5, 0.6) is 0 Å². The van der Waals surface area contributed by atoms with E-state index < -0.39 is 13.1 Å². The van der Waals surface area contributed by atoms with E-state index in [-0.39, 0.29) is 18.3 Å². The molecule has 0 saturated carbocycles. The standard InChI is InChI=1S/C17H16NO6PS/c19-9-7-11-3-1-2-4-13(11)18-17(20)16-12(8-10-26-16)14-5-6-15(24-14)25(21,22)23/h1-6,8,10,19H,7,9H2,(H,18,20)(H2,21,22,23). The molecule has 136 valence electrons. The Morgan fingerprint density at radius 1 is 1.15 bits per heavy atom. The van der Waals surface area contributed by atoms with E-state index in [1.165, 1.54) is 23.5 Å². The minimum atomic E-state index is -4.49. The maximum atomic E-state index is 12.7. The Labute approximate surface area is 153 Å². The van der Waals surface area contributed by atoms with Gasteiger partial charge in [-0.25, -0.2) is 0 Å². The van der Waals surface area contributed by atoms with Gasteiger partial charge < -0.3 is 24.6 Å². The third-order valence-corrected chi connectivity index (χ3v) is 5.39. The molecule has 0 bridgehead atoms. The summed E-state index contributed by atoms with van der Waals surface area (Å²) in [6.07, 6.45) is 0.414. The largest absolute Gasteiger partial charge is 0.448 e. The predicted molar refractivity (Wildman–Crippen MR) is 98.9 cm³/mol. The zero-order valence-corrected chi connectivity index (χ0v) is 15.2. The monoisotopic (exact) mass is 393 g/mol. The highest BCUT2D eigenvalue weighted by Crippen LogP contribution is 2.37. The molecule has 0 aliphatic rings. The van der Waals surface area contributed by atoms with Crippen LogP contribution >= 0.6 is 18.9 Å². The first-order chi connectivity index (χ1) is 12.4. The van der Waals surface area contributed by atoms with Gasteiger partial charge in [0, 0.05) is 17.9 Å². The molecule has 1 aromatic carbocycles. The molecule has 0 aliphatic heterocycles. The molecule has 1 amide bonds. The van der Waals surface area contributed by atoms with E-state index in [1.807, 2.05) is 12.1 Å². The van der Waals surface area contributed by atoms with Crippen molar-refractivity contribution in [2.24, 2.45) is 0 Å². The number of nitrogens with one attached hydrogen (secondary N) is 1. The summed E-state index contributed by atoms with van der Waals surface area (Å²) in [5.41, 5.74) is 1.41. The number of aliphatic hydroxyl groups excluding tert-OH is 1. The fourth-order valence-electron chi connectivity index (χ4n) is 2.47. The quantitative estimate of drug-likeness (QED) is 0.478. The second-order valence-electron chi connectivity index (χ2n) is 5.43. The van der Waals surface area contributed by atoms with Gasteiger partial charge in [0.05, 0.1) is 0 Å². The number of anilines is 1. The minimum absolute atomic E-state index is 0.0331. The van der Waals surface area contributed by atoms with Crippen LogP contribution in [0.2, 0.25) is 0 Å². The highest BCUT2D eigenvalue weighted by Gasteiger charge is 2.24. The Morgan fingerprint density at radius 3 is 2.62 bits per heavy atom. The Kier molecular flexibility index (Phi) is 5.41. The van der Waals surface area contributed by atoms with Crippen LogP contribution in [0, 0.1) is 0 Å². The average Bonchev–Trinajstić information content (AvgIpc) is 3.25. The van der Waals surface area contributed by atoms with E-state index in [2.05, 4.69) is 5.32 Å². The number of benzene rings is 1. The van der Waals surface area contributed by atoms with Crippen molar-refractivity contribution in [3.8, 4) is 11.3 Å². The maximum Gasteiger partial charge on any atom is 0.391 e. The molecule has 2 heterocycles. The molecule has 3 rings (SSSR count). The van der Waals surface area contributed by atoms with Crippen LogP contribution < -0.4 is 10.8 Å². The Bertz CT molecular complexity index is 973. The van der Waals surface area contributed by atoms with Gasteiger partial charge in [0.2, 0.25) is 5.50 Å². The lowest BCUT2D eigenvalue weighted by molar-refractivity contribution is 0.103. The van der Waals surface area contributed by atoms with Gasteiger partial charge in [-0.05, 0) is 41.6 Å². The van der Waals surface area contributed by atoms with Crippen molar-refractivity contribution in [2.45, 2.75) is 6.42 Å². The Morgan fingerprint density at radius 2 is 1.92 bits per heavy atom. The first-order valence-corrected chi connectivity index (χ1v) is 10.1. The van der Waals surface area contributed by atoms with Crippen molar-refractivity contribution in [1.82, 2.24) is 0 Å². The summed E-state index contributed by atoms with van der Waals surface area (Å²) in [5.74, 6) is -0.159. The molecule has 26 heavy (non-hydrogen) atoms. The number of para-hydroxylation sites is 1. The summed E-state index contributed by atoms with van der Waals surface area (Å²) >= 11 is 1.19. The number of amides is 1. The van der Waals surface area contributed by atoms with Crippen molar-refractivity contribution in [2.75, 3.05) is 11.9 Å². The van der Waals surface area contributed by atoms with E-state index >= 15 is 0 Å². The van der Waals surface area contributed by atoms with Crippen LogP contribution in [0.4, 0.5) is 5.69 Å². The Balaban J connectivity index is 1.88. The zero-order chi connectivity index (χ0) is 18.7. The molecule has 4 N–H and O–H groups in total. The van der Waals surface area contributed by atoms with Crippen LogP contribution in [0.25, 0.3) is 11.3 Å². The van der Waals surface area contributed by atoms with E-state index in [4.69, 9.17) is 9.52 Å². The molecule has 0 spiro atoms. The molecule has 9 heteroatoms. The predicted octanol–water partition coefficient (Wildman–Crippen LogP) is 2.60. The van der Waals surface area contributed by atoms with Crippen molar-refractivity contribution in [3.63, 3.8) is 0 Å². The lowest BCUT2D eigenvalue weighted by Crippen LogP contribution is -2.13. The second-order valence-corrected chi connectivity index (χ2v) is 7.88. The summed E-state index contributed by atoms with van der Waals surface area (Å²) < 4.78 is 16.5. The van der Waals surface area contributed by atoms with E-state index in [0.29, 0.717) is 22.5 Å². The number of carbonyl (C=O) groups excluding carboxylic acids is 1. The summed E-state index contributed by atoms with van der Waals surface area (Å²) in [4.78, 5) is 31.4. The first-order valence-electron chi connectivity index (χ1n) is 7.64.